The zero-order valence-corrected chi connectivity index (χ0v) is 11.1. The average Bonchev–Trinajstić information content (AvgIpc) is 2.99. The lowest BCUT2D eigenvalue weighted by Gasteiger charge is -2.22. The lowest BCUT2D eigenvalue weighted by Crippen LogP contribution is -2.30. The van der Waals surface area contributed by atoms with Gasteiger partial charge in [0.25, 0.3) is 0 Å². The number of carbonyl (C=O) groups excluding carboxylic acids is 1. The summed E-state index contributed by atoms with van der Waals surface area (Å²) in [6.07, 6.45) is 5.31. The molecule has 3 heterocycles. The highest BCUT2D eigenvalue weighted by Crippen LogP contribution is 2.22. The normalized spacial score (nSPS) is 18.1. The van der Waals surface area contributed by atoms with E-state index in [1.807, 2.05) is 20.0 Å². The van der Waals surface area contributed by atoms with Crippen LogP contribution in [-0.2, 0) is 17.8 Å². The fraction of sp³-hybridized carbons (Fsp3) is 0.462. The highest BCUT2D eigenvalue weighted by molar-refractivity contribution is 5.93. The molecule has 100 valence electrons. The summed E-state index contributed by atoms with van der Waals surface area (Å²) in [6.45, 7) is 4.65. The second-order valence-electron chi connectivity index (χ2n) is 5.02. The van der Waals surface area contributed by atoms with Crippen molar-refractivity contribution in [1.82, 2.24) is 19.7 Å². The smallest absolute Gasteiger partial charge is 0.228 e. The highest BCUT2D eigenvalue weighted by Gasteiger charge is 2.26. The summed E-state index contributed by atoms with van der Waals surface area (Å²) in [5, 5.41) is 9.94. The van der Waals surface area contributed by atoms with Crippen molar-refractivity contribution < 1.29 is 4.79 Å². The number of nitrogens with one attached hydrogen (secondary N) is 2. The molecule has 0 fully saturated rings. The van der Waals surface area contributed by atoms with Crippen molar-refractivity contribution in [3.8, 4) is 0 Å². The van der Waals surface area contributed by atoms with Crippen LogP contribution >= 0.6 is 0 Å². The van der Waals surface area contributed by atoms with E-state index in [1.165, 1.54) is 0 Å². The third-order valence-corrected chi connectivity index (χ3v) is 3.70. The van der Waals surface area contributed by atoms with E-state index in [0.29, 0.717) is 6.42 Å². The van der Waals surface area contributed by atoms with Gasteiger partial charge >= 0.3 is 0 Å². The van der Waals surface area contributed by atoms with Crippen molar-refractivity contribution in [2.24, 2.45) is 5.92 Å². The molecule has 2 N–H and O–H groups in total. The van der Waals surface area contributed by atoms with E-state index in [0.717, 1.165) is 35.9 Å². The van der Waals surface area contributed by atoms with Crippen LogP contribution in [0.5, 0.6) is 0 Å². The topological polar surface area (TPSA) is 75.6 Å². The van der Waals surface area contributed by atoms with E-state index in [1.54, 1.807) is 6.20 Å². The summed E-state index contributed by atoms with van der Waals surface area (Å²) in [4.78, 5) is 16.6. The number of aromatic nitrogens is 4. The summed E-state index contributed by atoms with van der Waals surface area (Å²) in [5.74, 6) is 1.04. The zero-order valence-electron chi connectivity index (χ0n) is 11.1. The molecular weight excluding hydrogens is 242 g/mol. The van der Waals surface area contributed by atoms with Crippen LogP contribution < -0.4 is 5.32 Å². The van der Waals surface area contributed by atoms with Gasteiger partial charge in [-0.25, -0.2) is 4.98 Å². The molecule has 0 bridgehead atoms. The average molecular weight is 259 g/mol. The number of anilines is 1. The molecule has 1 unspecified atom stereocenters. The number of amides is 1. The van der Waals surface area contributed by atoms with Gasteiger partial charge in [0.1, 0.15) is 5.82 Å². The summed E-state index contributed by atoms with van der Waals surface area (Å²) < 4.78 is 2.11. The molecule has 1 atom stereocenters. The maximum Gasteiger partial charge on any atom is 0.228 e. The van der Waals surface area contributed by atoms with Gasteiger partial charge in [0.2, 0.25) is 5.91 Å². The van der Waals surface area contributed by atoms with Gasteiger partial charge in [-0.2, -0.15) is 5.10 Å². The van der Waals surface area contributed by atoms with Crippen molar-refractivity contribution in [3.05, 3.63) is 29.6 Å². The third-order valence-electron chi connectivity index (χ3n) is 3.70. The first-order valence-electron chi connectivity index (χ1n) is 6.47. The molecule has 0 saturated heterocycles. The first kappa shape index (κ1) is 12.0. The van der Waals surface area contributed by atoms with Gasteiger partial charge in [-0.15, -0.1) is 0 Å². The number of aryl methyl sites for hydroxylation is 3. The first-order valence-corrected chi connectivity index (χ1v) is 6.47. The van der Waals surface area contributed by atoms with Crippen LogP contribution in [0.15, 0.2) is 12.4 Å². The number of aromatic amines is 1. The van der Waals surface area contributed by atoms with E-state index >= 15 is 0 Å². The number of nitrogens with zero attached hydrogens (tertiary/aromatic N) is 3. The maximum absolute atomic E-state index is 12.3. The predicted molar refractivity (Wildman–Crippen MR) is 70.7 cm³/mol. The molecule has 3 rings (SSSR count). The van der Waals surface area contributed by atoms with Crippen molar-refractivity contribution in [2.75, 3.05) is 5.32 Å². The minimum atomic E-state index is -0.0106. The van der Waals surface area contributed by atoms with E-state index in [9.17, 15) is 4.79 Å². The molecule has 0 aliphatic carbocycles. The minimum Gasteiger partial charge on any atom is -0.335 e. The molecule has 0 radical (unpaired) electrons. The summed E-state index contributed by atoms with van der Waals surface area (Å²) in [7, 11) is 0. The van der Waals surface area contributed by atoms with Crippen LogP contribution in [0.4, 0.5) is 5.69 Å². The Morgan fingerprint density at radius 3 is 3.11 bits per heavy atom. The fourth-order valence-corrected chi connectivity index (χ4v) is 2.54. The van der Waals surface area contributed by atoms with Gasteiger partial charge in [0.05, 0.1) is 17.1 Å². The molecule has 2 aromatic heterocycles. The standard InChI is InChI=1S/C13H17N5O/c1-8-12(9(2)17-16-8)15-13(19)10-3-5-18-6-4-14-11(18)7-10/h4,6,10H,3,5,7H2,1-2H3,(H,15,19)(H,16,17). The minimum absolute atomic E-state index is 0.0106. The Hall–Kier alpha value is -2.11. The summed E-state index contributed by atoms with van der Waals surface area (Å²) in [6, 6.07) is 0. The molecule has 0 saturated carbocycles. The summed E-state index contributed by atoms with van der Waals surface area (Å²) in [5.41, 5.74) is 2.52. The van der Waals surface area contributed by atoms with Crippen molar-refractivity contribution in [2.45, 2.75) is 33.2 Å². The van der Waals surface area contributed by atoms with Crippen LogP contribution in [0.25, 0.3) is 0 Å². The van der Waals surface area contributed by atoms with Crippen LogP contribution in [-0.4, -0.2) is 25.7 Å². The van der Waals surface area contributed by atoms with Crippen molar-refractivity contribution >= 4 is 11.6 Å². The van der Waals surface area contributed by atoms with Gasteiger partial charge in [-0.05, 0) is 20.3 Å². The van der Waals surface area contributed by atoms with Crippen LogP contribution in [0, 0.1) is 19.8 Å². The number of fused-ring (bicyclic) bond motifs is 1. The molecule has 1 aliphatic heterocycles. The molecule has 1 aliphatic rings. The van der Waals surface area contributed by atoms with E-state index < -0.39 is 0 Å². The second kappa shape index (κ2) is 4.53. The van der Waals surface area contributed by atoms with Gasteiger partial charge in [-0.1, -0.05) is 0 Å². The number of H-pyrrole nitrogens is 1. The van der Waals surface area contributed by atoms with Gasteiger partial charge < -0.3 is 9.88 Å². The Morgan fingerprint density at radius 1 is 1.53 bits per heavy atom. The van der Waals surface area contributed by atoms with E-state index in [-0.39, 0.29) is 11.8 Å². The van der Waals surface area contributed by atoms with Gasteiger partial charge in [0.15, 0.2) is 0 Å². The Kier molecular flexibility index (Phi) is 2.85. The number of hydrogen-bond acceptors (Lipinski definition) is 3. The van der Waals surface area contributed by atoms with E-state index in [2.05, 4.69) is 25.1 Å². The molecule has 19 heavy (non-hydrogen) atoms. The molecule has 1 amide bonds. The Bertz CT molecular complexity index is 593. The molecule has 0 spiro atoms. The quantitative estimate of drug-likeness (QED) is 0.856. The van der Waals surface area contributed by atoms with Crippen LogP contribution in [0.1, 0.15) is 23.6 Å². The molecule has 6 nitrogen and oxygen atoms in total. The number of rotatable bonds is 2. The molecule has 0 aromatic carbocycles. The van der Waals surface area contributed by atoms with Crippen molar-refractivity contribution in [3.63, 3.8) is 0 Å². The molecule has 2 aromatic rings. The fourth-order valence-electron chi connectivity index (χ4n) is 2.54. The third kappa shape index (κ3) is 2.14. The number of hydrogen-bond donors (Lipinski definition) is 2. The Labute approximate surface area is 111 Å². The first-order chi connectivity index (χ1) is 9.15. The Morgan fingerprint density at radius 2 is 2.37 bits per heavy atom. The molecule has 6 heteroatoms. The summed E-state index contributed by atoms with van der Waals surface area (Å²) >= 11 is 0. The zero-order chi connectivity index (χ0) is 13.4. The Balaban J connectivity index is 1.72. The highest BCUT2D eigenvalue weighted by atomic mass is 16.1. The maximum atomic E-state index is 12.3. The number of carbonyl (C=O) groups is 1. The number of imidazole rings is 1. The molecular formula is C13H17N5O. The van der Waals surface area contributed by atoms with Crippen molar-refractivity contribution in [1.29, 1.82) is 0 Å². The monoisotopic (exact) mass is 259 g/mol. The largest absolute Gasteiger partial charge is 0.335 e. The van der Waals surface area contributed by atoms with E-state index in [4.69, 9.17) is 0 Å². The van der Waals surface area contributed by atoms with Gasteiger partial charge in [-0.3, -0.25) is 9.89 Å². The van der Waals surface area contributed by atoms with Gasteiger partial charge in [0, 0.05) is 31.3 Å². The van der Waals surface area contributed by atoms with Crippen LogP contribution in [0.2, 0.25) is 0 Å². The predicted octanol–water partition coefficient (Wildman–Crippen LogP) is 1.42. The SMILES string of the molecule is Cc1n[nH]c(C)c1NC(=O)C1CCn2ccnc2C1. The second-order valence-corrected chi connectivity index (χ2v) is 5.02. The lowest BCUT2D eigenvalue weighted by atomic mass is 9.96. The van der Waals surface area contributed by atoms with Crippen LogP contribution in [0.3, 0.4) is 0 Å². The lowest BCUT2D eigenvalue weighted by molar-refractivity contribution is -0.120.